The van der Waals surface area contributed by atoms with Crippen LogP contribution in [-0.2, 0) is 9.53 Å². The molecule has 3 aromatic rings. The van der Waals surface area contributed by atoms with Gasteiger partial charge in [-0.15, -0.1) is 0 Å². The normalized spacial score (nSPS) is 10.4. The number of rotatable bonds is 6. The number of thiazole rings is 1. The Hall–Kier alpha value is -3.13. The molecule has 3 rings (SSSR count). The average Bonchev–Trinajstić information content (AvgIpc) is 3.07. The van der Waals surface area contributed by atoms with Gasteiger partial charge in [-0.25, -0.2) is 9.78 Å². The van der Waals surface area contributed by atoms with Gasteiger partial charge >= 0.3 is 5.97 Å². The van der Waals surface area contributed by atoms with E-state index >= 15 is 0 Å². The zero-order chi connectivity index (χ0) is 18.5. The summed E-state index contributed by atoms with van der Waals surface area (Å²) < 4.78 is 16.4. The van der Waals surface area contributed by atoms with E-state index in [4.69, 9.17) is 14.2 Å². The van der Waals surface area contributed by atoms with Crippen molar-refractivity contribution in [3.05, 3.63) is 48.0 Å². The number of ether oxygens (including phenoxy) is 3. The number of aromatic nitrogens is 1. The molecule has 134 valence electrons. The van der Waals surface area contributed by atoms with E-state index in [-0.39, 0.29) is 5.56 Å². The van der Waals surface area contributed by atoms with Crippen molar-refractivity contribution >= 4 is 38.6 Å². The minimum atomic E-state index is -0.709. The number of fused-ring (bicyclic) bond motifs is 1. The molecule has 0 aliphatic heterocycles. The van der Waals surface area contributed by atoms with Gasteiger partial charge in [-0.3, -0.25) is 10.1 Å². The highest BCUT2D eigenvalue weighted by Crippen LogP contribution is 2.29. The first-order chi connectivity index (χ1) is 12.6. The van der Waals surface area contributed by atoms with E-state index < -0.39 is 18.5 Å². The van der Waals surface area contributed by atoms with Gasteiger partial charge in [0.2, 0.25) is 0 Å². The van der Waals surface area contributed by atoms with Crippen molar-refractivity contribution in [3.8, 4) is 11.5 Å². The predicted molar refractivity (Wildman–Crippen MR) is 98.1 cm³/mol. The molecule has 1 aromatic heterocycles. The molecular weight excluding hydrogens is 356 g/mol. The number of methoxy groups -OCH3 is 2. The molecule has 26 heavy (non-hydrogen) atoms. The van der Waals surface area contributed by atoms with E-state index in [2.05, 4.69) is 10.3 Å². The fourth-order valence-corrected chi connectivity index (χ4v) is 3.22. The van der Waals surface area contributed by atoms with Crippen LogP contribution in [0.15, 0.2) is 42.5 Å². The summed E-state index contributed by atoms with van der Waals surface area (Å²) in [6.45, 7) is -0.448. The molecule has 1 amide bonds. The fraction of sp³-hybridized carbons (Fsp3) is 0.167. The van der Waals surface area contributed by atoms with Crippen LogP contribution in [-0.4, -0.2) is 37.7 Å². The van der Waals surface area contributed by atoms with Crippen LogP contribution >= 0.6 is 11.3 Å². The number of carbonyl (C=O) groups excluding carboxylic acids is 2. The van der Waals surface area contributed by atoms with E-state index in [1.807, 2.05) is 24.3 Å². The lowest BCUT2D eigenvalue weighted by molar-refractivity contribution is -0.119. The van der Waals surface area contributed by atoms with Gasteiger partial charge in [-0.1, -0.05) is 29.5 Å². The molecule has 0 spiro atoms. The first-order valence-electron chi connectivity index (χ1n) is 7.66. The van der Waals surface area contributed by atoms with Gasteiger partial charge in [-0.2, -0.15) is 0 Å². The number of nitrogens with one attached hydrogen (secondary N) is 1. The van der Waals surface area contributed by atoms with Crippen LogP contribution in [0, 0.1) is 0 Å². The maximum atomic E-state index is 12.3. The SMILES string of the molecule is COc1cccc(OC)c1C(=O)OCC(=O)Nc1nc2ccccc2s1. The zero-order valence-electron chi connectivity index (χ0n) is 14.1. The van der Waals surface area contributed by atoms with Crippen LogP contribution in [0.25, 0.3) is 10.2 Å². The molecule has 7 nitrogen and oxygen atoms in total. The number of anilines is 1. The second-order valence-corrected chi connectivity index (χ2v) is 6.18. The lowest BCUT2D eigenvalue weighted by Crippen LogP contribution is -2.21. The van der Waals surface area contributed by atoms with Crippen LogP contribution in [0.4, 0.5) is 5.13 Å². The Morgan fingerprint density at radius 2 is 1.73 bits per heavy atom. The number of amides is 1. The highest BCUT2D eigenvalue weighted by molar-refractivity contribution is 7.22. The summed E-state index contributed by atoms with van der Waals surface area (Å²) in [4.78, 5) is 28.7. The molecule has 2 aromatic carbocycles. The molecule has 0 unspecified atom stereocenters. The van der Waals surface area contributed by atoms with Gasteiger partial charge in [-0.05, 0) is 24.3 Å². The van der Waals surface area contributed by atoms with E-state index in [1.54, 1.807) is 18.2 Å². The smallest absolute Gasteiger partial charge is 0.346 e. The summed E-state index contributed by atoms with van der Waals surface area (Å²) in [6.07, 6.45) is 0. The summed E-state index contributed by atoms with van der Waals surface area (Å²) in [7, 11) is 2.87. The number of carbonyl (C=O) groups is 2. The van der Waals surface area contributed by atoms with Crippen LogP contribution in [0.5, 0.6) is 11.5 Å². The molecule has 0 aliphatic rings. The van der Waals surface area contributed by atoms with Gasteiger partial charge in [0, 0.05) is 0 Å². The predicted octanol–water partition coefficient (Wildman–Crippen LogP) is 3.11. The molecule has 0 bridgehead atoms. The zero-order valence-corrected chi connectivity index (χ0v) is 15.0. The maximum absolute atomic E-state index is 12.3. The third kappa shape index (κ3) is 3.75. The number of para-hydroxylation sites is 1. The second-order valence-electron chi connectivity index (χ2n) is 5.15. The summed E-state index contributed by atoms with van der Waals surface area (Å²) in [5.41, 5.74) is 0.925. The topological polar surface area (TPSA) is 86.8 Å². The van der Waals surface area contributed by atoms with Crippen molar-refractivity contribution in [2.24, 2.45) is 0 Å². The fourth-order valence-electron chi connectivity index (χ4n) is 2.34. The molecule has 0 atom stereocenters. The van der Waals surface area contributed by atoms with E-state index in [0.29, 0.717) is 16.6 Å². The number of hydrogen-bond acceptors (Lipinski definition) is 7. The molecule has 8 heteroatoms. The van der Waals surface area contributed by atoms with Crippen LogP contribution in [0.2, 0.25) is 0 Å². The molecule has 1 N–H and O–H groups in total. The second kappa shape index (κ2) is 7.83. The molecule has 0 fully saturated rings. The standard InChI is InChI=1S/C18H16N2O5S/c1-23-12-7-5-8-13(24-2)16(12)17(22)25-10-15(21)20-18-19-11-6-3-4-9-14(11)26-18/h3-9H,10H2,1-2H3,(H,19,20,21). The van der Waals surface area contributed by atoms with Crippen molar-refractivity contribution in [3.63, 3.8) is 0 Å². The van der Waals surface area contributed by atoms with Crippen molar-refractivity contribution in [1.82, 2.24) is 4.98 Å². The lowest BCUT2D eigenvalue weighted by Gasteiger charge is -2.12. The van der Waals surface area contributed by atoms with Crippen molar-refractivity contribution in [2.45, 2.75) is 0 Å². The number of esters is 1. The minimum Gasteiger partial charge on any atom is -0.496 e. The van der Waals surface area contributed by atoms with E-state index in [9.17, 15) is 9.59 Å². The van der Waals surface area contributed by atoms with Crippen molar-refractivity contribution < 1.29 is 23.8 Å². The Labute approximate surface area is 153 Å². The molecule has 1 heterocycles. The summed E-state index contributed by atoms with van der Waals surface area (Å²) >= 11 is 1.34. The summed E-state index contributed by atoms with van der Waals surface area (Å²) in [5.74, 6) is -0.577. The van der Waals surface area contributed by atoms with Crippen LogP contribution < -0.4 is 14.8 Å². The van der Waals surface area contributed by atoms with Gasteiger partial charge < -0.3 is 14.2 Å². The molecule has 0 radical (unpaired) electrons. The van der Waals surface area contributed by atoms with Gasteiger partial charge in [0.25, 0.3) is 5.91 Å². The lowest BCUT2D eigenvalue weighted by atomic mass is 10.2. The van der Waals surface area contributed by atoms with Crippen molar-refractivity contribution in [1.29, 1.82) is 0 Å². The molecular formula is C18H16N2O5S. The highest BCUT2D eigenvalue weighted by atomic mass is 32.1. The highest BCUT2D eigenvalue weighted by Gasteiger charge is 2.20. The monoisotopic (exact) mass is 372 g/mol. The van der Waals surface area contributed by atoms with Gasteiger partial charge in [0.15, 0.2) is 11.7 Å². The minimum absolute atomic E-state index is 0.130. The Morgan fingerprint density at radius 1 is 1.04 bits per heavy atom. The Bertz CT molecular complexity index is 898. The van der Waals surface area contributed by atoms with Gasteiger partial charge in [0.1, 0.15) is 17.1 Å². The Balaban J connectivity index is 1.65. The van der Waals surface area contributed by atoms with Crippen molar-refractivity contribution in [2.75, 3.05) is 26.1 Å². The number of benzene rings is 2. The molecule has 0 saturated heterocycles. The number of hydrogen-bond donors (Lipinski definition) is 1. The summed E-state index contributed by atoms with van der Waals surface area (Å²) in [5, 5.41) is 3.07. The van der Waals surface area contributed by atoms with E-state index in [0.717, 1.165) is 10.2 Å². The molecule has 0 aliphatic carbocycles. The third-order valence-corrected chi connectivity index (χ3v) is 4.46. The first-order valence-corrected chi connectivity index (χ1v) is 8.47. The first kappa shape index (κ1) is 17.7. The maximum Gasteiger partial charge on any atom is 0.346 e. The largest absolute Gasteiger partial charge is 0.496 e. The Morgan fingerprint density at radius 3 is 2.38 bits per heavy atom. The molecule has 0 saturated carbocycles. The van der Waals surface area contributed by atoms with Crippen LogP contribution in [0.3, 0.4) is 0 Å². The Kier molecular flexibility index (Phi) is 5.33. The van der Waals surface area contributed by atoms with Crippen LogP contribution in [0.1, 0.15) is 10.4 Å². The third-order valence-electron chi connectivity index (χ3n) is 3.51. The summed E-state index contributed by atoms with van der Waals surface area (Å²) in [6, 6.07) is 12.4. The average molecular weight is 372 g/mol. The quantitative estimate of drug-likeness (QED) is 0.669. The van der Waals surface area contributed by atoms with Gasteiger partial charge in [0.05, 0.1) is 24.4 Å². The van der Waals surface area contributed by atoms with E-state index in [1.165, 1.54) is 25.6 Å². The number of nitrogens with zero attached hydrogens (tertiary/aromatic N) is 1.